The van der Waals surface area contributed by atoms with Crippen LogP contribution in [0.4, 0.5) is 0 Å². The number of fused-ring (bicyclic) bond motifs is 1. The molecule has 1 unspecified atom stereocenters. The molecule has 0 fully saturated rings. The van der Waals surface area contributed by atoms with E-state index in [0.717, 1.165) is 11.9 Å². The number of aromatic nitrogens is 2. The quantitative estimate of drug-likeness (QED) is 0.457. The van der Waals surface area contributed by atoms with Crippen molar-refractivity contribution in [1.82, 2.24) is 15.0 Å². The summed E-state index contributed by atoms with van der Waals surface area (Å²) in [5, 5.41) is 4.34. The Morgan fingerprint density at radius 2 is 2.29 bits per heavy atom. The van der Waals surface area contributed by atoms with Crippen molar-refractivity contribution < 1.29 is 0 Å². The molecule has 0 aliphatic heterocycles. The lowest BCUT2D eigenvalue weighted by atomic mass is 10.0. The average molecular weight is 232 g/mol. The fourth-order valence-corrected chi connectivity index (χ4v) is 2.15. The summed E-state index contributed by atoms with van der Waals surface area (Å²) >= 11 is 0. The number of pyridine rings is 1. The summed E-state index contributed by atoms with van der Waals surface area (Å²) in [5.74, 6) is 5.65. The van der Waals surface area contributed by atoms with Crippen LogP contribution in [0.5, 0.6) is 0 Å². The molecule has 4 heteroatoms. The smallest absolute Gasteiger partial charge is 0.0709 e. The third-order valence-corrected chi connectivity index (χ3v) is 3.13. The maximum atomic E-state index is 5.65. The molecular formula is C13H20N4. The number of hydrogen-bond donors (Lipinski definition) is 2. The Morgan fingerprint density at radius 3 is 3.06 bits per heavy atom. The van der Waals surface area contributed by atoms with Crippen LogP contribution in [0.25, 0.3) is 5.52 Å². The highest BCUT2D eigenvalue weighted by Gasteiger charge is 2.14. The standard InChI is InChI=1S/C13H20N4/c1-2-3-4-7-12(16-14)11-10-15-17-9-6-5-8-13(11)17/h5-6,8-10,12,16H,2-4,7,14H2,1H3. The van der Waals surface area contributed by atoms with Gasteiger partial charge in [-0.3, -0.25) is 11.3 Å². The summed E-state index contributed by atoms with van der Waals surface area (Å²) in [6.45, 7) is 2.21. The molecule has 17 heavy (non-hydrogen) atoms. The third kappa shape index (κ3) is 2.65. The van der Waals surface area contributed by atoms with Gasteiger partial charge in [0.2, 0.25) is 0 Å². The van der Waals surface area contributed by atoms with Gasteiger partial charge in [-0.2, -0.15) is 5.10 Å². The molecule has 0 aliphatic rings. The van der Waals surface area contributed by atoms with Crippen LogP contribution in [0, 0.1) is 0 Å². The Labute approximate surface area is 102 Å². The van der Waals surface area contributed by atoms with Gasteiger partial charge >= 0.3 is 0 Å². The number of rotatable bonds is 6. The second-order valence-corrected chi connectivity index (χ2v) is 4.35. The molecule has 0 aromatic carbocycles. The third-order valence-electron chi connectivity index (χ3n) is 3.13. The highest BCUT2D eigenvalue weighted by atomic mass is 15.3. The lowest BCUT2D eigenvalue weighted by Crippen LogP contribution is -2.27. The van der Waals surface area contributed by atoms with Crippen LogP contribution < -0.4 is 11.3 Å². The van der Waals surface area contributed by atoms with Crippen molar-refractivity contribution >= 4 is 5.52 Å². The van der Waals surface area contributed by atoms with Gasteiger partial charge < -0.3 is 0 Å². The number of unbranched alkanes of at least 4 members (excludes halogenated alkanes) is 2. The second kappa shape index (κ2) is 5.80. The lowest BCUT2D eigenvalue weighted by Gasteiger charge is -2.14. The monoisotopic (exact) mass is 232 g/mol. The zero-order valence-corrected chi connectivity index (χ0v) is 10.3. The molecule has 2 heterocycles. The molecule has 92 valence electrons. The van der Waals surface area contributed by atoms with Crippen LogP contribution in [0.1, 0.15) is 44.2 Å². The van der Waals surface area contributed by atoms with Crippen molar-refractivity contribution in [3.8, 4) is 0 Å². The van der Waals surface area contributed by atoms with E-state index in [1.165, 1.54) is 24.8 Å². The first-order valence-electron chi connectivity index (χ1n) is 6.25. The van der Waals surface area contributed by atoms with E-state index in [1.54, 1.807) is 0 Å². The Balaban J connectivity index is 2.18. The topological polar surface area (TPSA) is 55.3 Å². The molecule has 0 aliphatic carbocycles. The number of hydrazine groups is 1. The largest absolute Gasteiger partial charge is 0.271 e. The van der Waals surface area contributed by atoms with Crippen LogP contribution in [-0.4, -0.2) is 9.61 Å². The molecule has 4 nitrogen and oxygen atoms in total. The molecule has 0 saturated carbocycles. The number of nitrogens with zero attached hydrogens (tertiary/aromatic N) is 2. The van der Waals surface area contributed by atoms with Crippen LogP contribution in [0.15, 0.2) is 30.6 Å². The predicted octanol–water partition coefficient (Wildman–Crippen LogP) is 2.42. The number of hydrogen-bond acceptors (Lipinski definition) is 3. The van der Waals surface area contributed by atoms with E-state index >= 15 is 0 Å². The maximum Gasteiger partial charge on any atom is 0.0709 e. The maximum absolute atomic E-state index is 5.65. The zero-order chi connectivity index (χ0) is 12.1. The van der Waals surface area contributed by atoms with Crippen LogP contribution >= 0.6 is 0 Å². The molecule has 0 bridgehead atoms. The van der Waals surface area contributed by atoms with Gasteiger partial charge in [0.25, 0.3) is 0 Å². The summed E-state index contributed by atoms with van der Waals surface area (Å²) in [5.41, 5.74) is 5.22. The Kier molecular flexibility index (Phi) is 4.12. The van der Waals surface area contributed by atoms with Crippen molar-refractivity contribution in [2.45, 2.75) is 38.6 Å². The van der Waals surface area contributed by atoms with E-state index in [-0.39, 0.29) is 6.04 Å². The fraction of sp³-hybridized carbons (Fsp3) is 0.462. The summed E-state index contributed by atoms with van der Waals surface area (Å²) in [7, 11) is 0. The first-order chi connectivity index (χ1) is 8.36. The Morgan fingerprint density at radius 1 is 1.41 bits per heavy atom. The molecule has 1 atom stereocenters. The van der Waals surface area contributed by atoms with Crippen molar-refractivity contribution in [1.29, 1.82) is 0 Å². The molecule has 0 radical (unpaired) electrons. The van der Waals surface area contributed by atoms with Gasteiger partial charge in [0, 0.05) is 17.8 Å². The van der Waals surface area contributed by atoms with E-state index in [2.05, 4.69) is 23.5 Å². The molecule has 2 rings (SSSR count). The molecule has 2 aromatic heterocycles. The first-order valence-corrected chi connectivity index (χ1v) is 6.25. The SMILES string of the molecule is CCCCCC(NN)c1cnn2ccccc12. The molecule has 0 saturated heterocycles. The molecule has 0 spiro atoms. The van der Waals surface area contributed by atoms with Gasteiger partial charge in [0.05, 0.1) is 11.7 Å². The van der Waals surface area contributed by atoms with Crippen molar-refractivity contribution in [2.75, 3.05) is 0 Å². The van der Waals surface area contributed by atoms with E-state index < -0.39 is 0 Å². The normalized spacial score (nSPS) is 13.1. The molecular weight excluding hydrogens is 212 g/mol. The summed E-state index contributed by atoms with van der Waals surface area (Å²) in [6.07, 6.45) is 8.59. The minimum Gasteiger partial charge on any atom is -0.271 e. The zero-order valence-electron chi connectivity index (χ0n) is 10.3. The van der Waals surface area contributed by atoms with Crippen LogP contribution in [0.3, 0.4) is 0 Å². The molecule has 2 aromatic rings. The van der Waals surface area contributed by atoms with Gasteiger partial charge in [0.15, 0.2) is 0 Å². The number of nitrogens with one attached hydrogen (secondary N) is 1. The molecule has 3 N–H and O–H groups in total. The summed E-state index contributed by atoms with van der Waals surface area (Å²) < 4.78 is 1.89. The predicted molar refractivity (Wildman–Crippen MR) is 69.4 cm³/mol. The summed E-state index contributed by atoms with van der Waals surface area (Å²) in [4.78, 5) is 0. The first kappa shape index (κ1) is 12.1. The Hall–Kier alpha value is -1.39. The highest BCUT2D eigenvalue weighted by molar-refractivity contribution is 5.54. The highest BCUT2D eigenvalue weighted by Crippen LogP contribution is 2.23. The average Bonchev–Trinajstić information content (AvgIpc) is 2.79. The molecule has 0 amide bonds. The number of nitrogens with two attached hydrogens (primary N) is 1. The minimum absolute atomic E-state index is 0.196. The van der Waals surface area contributed by atoms with E-state index in [9.17, 15) is 0 Å². The summed E-state index contributed by atoms with van der Waals surface area (Å²) in [6, 6.07) is 6.28. The van der Waals surface area contributed by atoms with Gasteiger partial charge in [-0.15, -0.1) is 0 Å². The minimum atomic E-state index is 0.196. The van der Waals surface area contributed by atoms with Gasteiger partial charge in [0.1, 0.15) is 0 Å². The van der Waals surface area contributed by atoms with Crippen molar-refractivity contribution in [3.05, 3.63) is 36.2 Å². The van der Waals surface area contributed by atoms with Gasteiger partial charge in [-0.25, -0.2) is 4.52 Å². The van der Waals surface area contributed by atoms with Crippen molar-refractivity contribution in [2.24, 2.45) is 5.84 Å². The van der Waals surface area contributed by atoms with Gasteiger partial charge in [-0.05, 0) is 18.6 Å². The van der Waals surface area contributed by atoms with Crippen LogP contribution in [-0.2, 0) is 0 Å². The van der Waals surface area contributed by atoms with Crippen LogP contribution in [0.2, 0.25) is 0 Å². The second-order valence-electron chi connectivity index (χ2n) is 4.35. The Bertz CT molecular complexity index is 463. The van der Waals surface area contributed by atoms with E-state index in [1.807, 2.05) is 29.0 Å². The van der Waals surface area contributed by atoms with Crippen molar-refractivity contribution in [3.63, 3.8) is 0 Å². The lowest BCUT2D eigenvalue weighted by molar-refractivity contribution is 0.489. The fourth-order valence-electron chi connectivity index (χ4n) is 2.15. The van der Waals surface area contributed by atoms with Gasteiger partial charge in [-0.1, -0.05) is 32.3 Å². The van der Waals surface area contributed by atoms with E-state index in [0.29, 0.717) is 0 Å². The van der Waals surface area contributed by atoms with E-state index in [4.69, 9.17) is 5.84 Å².